The van der Waals surface area contributed by atoms with E-state index in [1.807, 2.05) is 26.0 Å². The van der Waals surface area contributed by atoms with Gasteiger partial charge in [-0.1, -0.05) is 35.9 Å². The highest BCUT2D eigenvalue weighted by atomic mass is 32.2. The van der Waals surface area contributed by atoms with E-state index in [4.69, 9.17) is 4.74 Å². The minimum absolute atomic E-state index is 0.185. The van der Waals surface area contributed by atoms with E-state index in [-0.39, 0.29) is 35.7 Å². The van der Waals surface area contributed by atoms with Crippen molar-refractivity contribution in [2.24, 2.45) is 5.92 Å². The monoisotopic (exact) mass is 501 g/mol. The molecule has 2 aromatic rings. The first kappa shape index (κ1) is 26.8. The van der Waals surface area contributed by atoms with Crippen LogP contribution in [0, 0.1) is 19.8 Å². The van der Waals surface area contributed by atoms with Crippen LogP contribution in [0.5, 0.6) is 0 Å². The molecule has 0 spiro atoms. The highest BCUT2D eigenvalue weighted by molar-refractivity contribution is 7.89. The Hall–Kier alpha value is -2.75. The maximum atomic E-state index is 13.1. The molecule has 0 bridgehead atoms. The standard InChI is InChI=1S/C26H35N3O5S/c1-19-9-11-22(12-10-19)35(32,33)29-16-13-21(14-17-29)24(26(31)27-15-6-18-34-3)28-25(30)23-8-5-4-7-20(23)2/h4-5,7-12,21,24H,6,13-18H2,1-3H3,(H,27,31)(H,28,30). The van der Waals surface area contributed by atoms with Gasteiger partial charge in [0.1, 0.15) is 6.04 Å². The van der Waals surface area contributed by atoms with Crippen molar-refractivity contribution in [2.75, 3.05) is 33.4 Å². The van der Waals surface area contributed by atoms with E-state index < -0.39 is 16.1 Å². The van der Waals surface area contributed by atoms with Gasteiger partial charge in [-0.3, -0.25) is 9.59 Å². The number of benzene rings is 2. The average Bonchev–Trinajstić information content (AvgIpc) is 2.85. The molecular weight excluding hydrogens is 466 g/mol. The summed E-state index contributed by atoms with van der Waals surface area (Å²) in [6, 6.07) is 13.3. The fourth-order valence-corrected chi connectivity index (χ4v) is 5.76. The molecule has 1 saturated heterocycles. The summed E-state index contributed by atoms with van der Waals surface area (Å²) in [5.74, 6) is -0.757. The van der Waals surface area contributed by atoms with Crippen molar-refractivity contribution in [2.45, 2.75) is 44.0 Å². The number of nitrogens with zero attached hydrogens (tertiary/aromatic N) is 1. The van der Waals surface area contributed by atoms with E-state index >= 15 is 0 Å². The number of hydrogen-bond donors (Lipinski definition) is 2. The van der Waals surface area contributed by atoms with Crippen LogP contribution in [0.3, 0.4) is 0 Å². The van der Waals surface area contributed by atoms with Gasteiger partial charge in [0.05, 0.1) is 4.90 Å². The normalized spacial score (nSPS) is 16.0. The van der Waals surface area contributed by atoms with Crippen molar-refractivity contribution in [3.63, 3.8) is 0 Å². The van der Waals surface area contributed by atoms with E-state index in [2.05, 4.69) is 10.6 Å². The lowest BCUT2D eigenvalue weighted by Crippen LogP contribution is -2.54. The number of nitrogens with one attached hydrogen (secondary N) is 2. The van der Waals surface area contributed by atoms with Gasteiger partial charge in [0, 0.05) is 38.9 Å². The maximum absolute atomic E-state index is 13.1. The van der Waals surface area contributed by atoms with Crippen LogP contribution in [0.1, 0.15) is 40.7 Å². The first-order valence-electron chi connectivity index (χ1n) is 11.9. The van der Waals surface area contributed by atoms with Crippen molar-refractivity contribution in [1.82, 2.24) is 14.9 Å². The van der Waals surface area contributed by atoms with Gasteiger partial charge in [0.15, 0.2) is 0 Å². The van der Waals surface area contributed by atoms with Crippen LogP contribution in [0.4, 0.5) is 0 Å². The molecule has 8 nitrogen and oxygen atoms in total. The second-order valence-corrected chi connectivity index (χ2v) is 10.9. The van der Waals surface area contributed by atoms with Crippen molar-refractivity contribution < 1.29 is 22.7 Å². The Morgan fingerprint density at radius 2 is 1.71 bits per heavy atom. The molecule has 0 aliphatic carbocycles. The second-order valence-electron chi connectivity index (χ2n) is 8.96. The number of carbonyl (C=O) groups is 2. The summed E-state index contributed by atoms with van der Waals surface area (Å²) in [5.41, 5.74) is 2.33. The van der Waals surface area contributed by atoms with Gasteiger partial charge in [0.2, 0.25) is 15.9 Å². The zero-order valence-corrected chi connectivity index (χ0v) is 21.4. The number of rotatable bonds is 10. The third-order valence-electron chi connectivity index (χ3n) is 6.41. The number of amides is 2. The first-order chi connectivity index (χ1) is 16.7. The molecular formula is C26H35N3O5S. The van der Waals surface area contributed by atoms with Gasteiger partial charge in [-0.15, -0.1) is 0 Å². The molecule has 1 unspecified atom stereocenters. The minimum atomic E-state index is -3.61. The molecule has 1 aliphatic heterocycles. The smallest absolute Gasteiger partial charge is 0.252 e. The zero-order chi connectivity index (χ0) is 25.4. The van der Waals surface area contributed by atoms with Crippen LogP contribution >= 0.6 is 0 Å². The topological polar surface area (TPSA) is 105 Å². The Morgan fingerprint density at radius 1 is 1.06 bits per heavy atom. The van der Waals surface area contributed by atoms with Gasteiger partial charge in [-0.05, 0) is 62.8 Å². The van der Waals surface area contributed by atoms with E-state index in [9.17, 15) is 18.0 Å². The summed E-state index contributed by atoms with van der Waals surface area (Å²) < 4.78 is 32.7. The molecule has 2 amide bonds. The van der Waals surface area contributed by atoms with Crippen LogP contribution in [0.15, 0.2) is 53.4 Å². The van der Waals surface area contributed by atoms with Gasteiger partial charge < -0.3 is 15.4 Å². The zero-order valence-electron chi connectivity index (χ0n) is 20.6. The quantitative estimate of drug-likeness (QED) is 0.487. The van der Waals surface area contributed by atoms with Crippen LogP contribution in [0.2, 0.25) is 0 Å². The number of methoxy groups -OCH3 is 1. The summed E-state index contributed by atoms with van der Waals surface area (Å²) in [4.78, 5) is 26.4. The molecule has 2 N–H and O–H groups in total. The van der Waals surface area contributed by atoms with Crippen molar-refractivity contribution in [3.05, 3.63) is 65.2 Å². The molecule has 1 atom stereocenters. The van der Waals surface area contributed by atoms with Crippen LogP contribution in [-0.4, -0.2) is 63.9 Å². The third kappa shape index (κ3) is 6.90. The highest BCUT2D eigenvalue weighted by Crippen LogP contribution is 2.26. The van der Waals surface area contributed by atoms with Crippen LogP contribution in [-0.2, 0) is 19.6 Å². The van der Waals surface area contributed by atoms with Gasteiger partial charge in [0.25, 0.3) is 5.91 Å². The fraction of sp³-hybridized carbons (Fsp3) is 0.462. The number of ether oxygens (including phenoxy) is 1. The molecule has 0 radical (unpaired) electrons. The predicted molar refractivity (Wildman–Crippen MR) is 135 cm³/mol. The fourth-order valence-electron chi connectivity index (χ4n) is 4.29. The molecule has 1 aliphatic rings. The molecule has 3 rings (SSSR count). The molecule has 1 heterocycles. The number of piperidine rings is 1. The molecule has 35 heavy (non-hydrogen) atoms. The number of hydrogen-bond acceptors (Lipinski definition) is 5. The molecule has 1 fully saturated rings. The van der Waals surface area contributed by atoms with Crippen molar-refractivity contribution in [3.8, 4) is 0 Å². The van der Waals surface area contributed by atoms with Crippen molar-refractivity contribution >= 4 is 21.8 Å². The summed E-state index contributed by atoms with van der Waals surface area (Å²) in [6.07, 6.45) is 1.60. The van der Waals surface area contributed by atoms with Gasteiger partial charge >= 0.3 is 0 Å². The molecule has 2 aromatic carbocycles. The third-order valence-corrected chi connectivity index (χ3v) is 8.32. The second kappa shape index (κ2) is 12.3. The van der Waals surface area contributed by atoms with Gasteiger partial charge in [-0.2, -0.15) is 4.31 Å². The summed E-state index contributed by atoms with van der Waals surface area (Å²) >= 11 is 0. The first-order valence-corrected chi connectivity index (χ1v) is 13.4. The average molecular weight is 502 g/mol. The molecule has 0 aromatic heterocycles. The predicted octanol–water partition coefficient (Wildman–Crippen LogP) is 2.66. The lowest BCUT2D eigenvalue weighted by atomic mass is 9.89. The summed E-state index contributed by atoms with van der Waals surface area (Å²) in [6.45, 7) is 5.29. The highest BCUT2D eigenvalue weighted by Gasteiger charge is 2.36. The number of carbonyl (C=O) groups excluding carboxylic acids is 2. The minimum Gasteiger partial charge on any atom is -0.385 e. The SMILES string of the molecule is COCCCNC(=O)C(NC(=O)c1ccccc1C)C1CCN(S(=O)(=O)c2ccc(C)cc2)CC1. The van der Waals surface area contributed by atoms with E-state index in [1.165, 1.54) is 4.31 Å². The van der Waals surface area contributed by atoms with E-state index in [0.717, 1.165) is 11.1 Å². The Kier molecular flexibility index (Phi) is 9.42. The Balaban J connectivity index is 1.71. The number of aryl methyl sites for hydroxylation is 2. The maximum Gasteiger partial charge on any atom is 0.252 e. The Morgan fingerprint density at radius 3 is 2.34 bits per heavy atom. The summed E-state index contributed by atoms with van der Waals surface area (Å²) in [5, 5.41) is 5.82. The molecule has 9 heteroatoms. The lowest BCUT2D eigenvalue weighted by molar-refractivity contribution is -0.124. The van der Waals surface area contributed by atoms with Gasteiger partial charge in [-0.25, -0.2) is 8.42 Å². The lowest BCUT2D eigenvalue weighted by Gasteiger charge is -2.35. The van der Waals surface area contributed by atoms with Crippen LogP contribution in [0.25, 0.3) is 0 Å². The largest absolute Gasteiger partial charge is 0.385 e. The molecule has 0 saturated carbocycles. The van der Waals surface area contributed by atoms with Crippen LogP contribution < -0.4 is 10.6 Å². The molecule has 190 valence electrons. The van der Waals surface area contributed by atoms with Crippen molar-refractivity contribution in [1.29, 1.82) is 0 Å². The summed E-state index contributed by atoms with van der Waals surface area (Å²) in [7, 11) is -2.01. The van der Waals surface area contributed by atoms with E-state index in [0.29, 0.717) is 38.0 Å². The Labute approximate surface area is 208 Å². The van der Waals surface area contributed by atoms with E-state index in [1.54, 1.807) is 43.5 Å². The Bertz CT molecular complexity index is 1110. The number of sulfonamides is 1.